The highest BCUT2D eigenvalue weighted by Crippen LogP contribution is 2.09. The Kier molecular flexibility index (Phi) is 8.69. The fourth-order valence-electron chi connectivity index (χ4n) is 3.40. The zero-order valence-corrected chi connectivity index (χ0v) is 19.2. The lowest BCUT2D eigenvalue weighted by Crippen LogP contribution is -2.21. The summed E-state index contributed by atoms with van der Waals surface area (Å²) in [6, 6.07) is 12.6. The maximum absolute atomic E-state index is 12.4. The van der Waals surface area contributed by atoms with Crippen LogP contribution >= 0.6 is 0 Å². The van der Waals surface area contributed by atoms with Crippen LogP contribution in [0.4, 0.5) is 5.69 Å². The van der Waals surface area contributed by atoms with Crippen molar-refractivity contribution in [2.75, 3.05) is 5.32 Å². The molecule has 0 unspecified atom stereocenters. The molecule has 174 valence electrons. The van der Waals surface area contributed by atoms with Gasteiger partial charge in [0.25, 0.3) is 5.56 Å². The third kappa shape index (κ3) is 7.82. The summed E-state index contributed by atoms with van der Waals surface area (Å²) in [4.78, 5) is 36.7. The number of hydrogen-bond donors (Lipinski definition) is 1. The Bertz CT molecular complexity index is 1120. The number of nitrogens with zero attached hydrogens (tertiary/aromatic N) is 4. The van der Waals surface area contributed by atoms with Crippen LogP contribution in [0, 0.1) is 5.92 Å². The third-order valence-electron chi connectivity index (χ3n) is 5.30. The predicted octanol–water partition coefficient (Wildman–Crippen LogP) is 3.72. The Morgan fingerprint density at radius 2 is 1.82 bits per heavy atom. The molecule has 0 fully saturated rings. The van der Waals surface area contributed by atoms with E-state index in [0.29, 0.717) is 36.8 Å². The highest BCUT2D eigenvalue weighted by Gasteiger charge is 2.11. The Morgan fingerprint density at radius 1 is 1.06 bits per heavy atom. The van der Waals surface area contributed by atoms with Crippen LogP contribution < -0.4 is 10.9 Å². The lowest BCUT2D eigenvalue weighted by molar-refractivity contribution is -0.115. The number of ketones is 1. The van der Waals surface area contributed by atoms with E-state index in [-0.39, 0.29) is 23.7 Å². The molecular formula is C25H31N5O3. The van der Waals surface area contributed by atoms with Gasteiger partial charge in [-0.3, -0.25) is 19.1 Å². The van der Waals surface area contributed by atoms with E-state index < -0.39 is 0 Å². The number of carbonyl (C=O) groups excluding carboxylic acids is 2. The van der Waals surface area contributed by atoms with Crippen LogP contribution in [0.1, 0.15) is 55.6 Å². The summed E-state index contributed by atoms with van der Waals surface area (Å²) in [5.74, 6) is 0.345. The molecule has 0 saturated heterocycles. The minimum Gasteiger partial charge on any atom is -0.326 e. The zero-order chi connectivity index (χ0) is 23.6. The largest absolute Gasteiger partial charge is 0.326 e. The van der Waals surface area contributed by atoms with E-state index in [4.69, 9.17) is 0 Å². The fraction of sp³-hybridized carbons (Fsp3) is 0.400. The second kappa shape index (κ2) is 11.9. The van der Waals surface area contributed by atoms with Crippen LogP contribution in [0.5, 0.6) is 0 Å². The summed E-state index contributed by atoms with van der Waals surface area (Å²) in [5, 5.41) is 10.8. The van der Waals surface area contributed by atoms with Gasteiger partial charge in [0.05, 0.1) is 12.6 Å². The highest BCUT2D eigenvalue weighted by atomic mass is 16.2. The molecule has 8 nitrogen and oxygen atoms in total. The van der Waals surface area contributed by atoms with Gasteiger partial charge in [-0.25, -0.2) is 0 Å². The van der Waals surface area contributed by atoms with Gasteiger partial charge in [0.15, 0.2) is 5.78 Å². The standard InChI is InChI=1S/C25H31N5O3/c1-19(2)10-11-23(31)22-18-30(28-27-22)14-7-6-13-29-15-12-21(17-25(29)33)26-24(32)16-20-8-4-3-5-9-20/h3-5,8-9,12,15,17-19H,6-7,10-11,13-14,16H2,1-2H3,(H,26,32). The lowest BCUT2D eigenvalue weighted by atomic mass is 10.0. The minimum absolute atomic E-state index is 0.0254. The average molecular weight is 450 g/mol. The lowest BCUT2D eigenvalue weighted by Gasteiger charge is -2.09. The first-order valence-corrected chi connectivity index (χ1v) is 11.4. The maximum Gasteiger partial charge on any atom is 0.252 e. The molecule has 2 heterocycles. The molecule has 0 radical (unpaired) electrons. The number of aryl methyl sites for hydroxylation is 2. The average Bonchev–Trinajstić information content (AvgIpc) is 3.26. The Balaban J connectivity index is 1.42. The van der Waals surface area contributed by atoms with Gasteiger partial charge in [0.2, 0.25) is 5.91 Å². The van der Waals surface area contributed by atoms with Crippen LogP contribution in [0.3, 0.4) is 0 Å². The van der Waals surface area contributed by atoms with Crippen molar-refractivity contribution in [1.29, 1.82) is 0 Å². The van der Waals surface area contributed by atoms with Gasteiger partial charge >= 0.3 is 0 Å². The summed E-state index contributed by atoms with van der Waals surface area (Å²) >= 11 is 0. The number of aromatic nitrogens is 4. The second-order valence-electron chi connectivity index (χ2n) is 8.59. The van der Waals surface area contributed by atoms with Crippen molar-refractivity contribution in [1.82, 2.24) is 19.6 Å². The molecule has 1 aromatic carbocycles. The monoisotopic (exact) mass is 449 g/mol. The smallest absolute Gasteiger partial charge is 0.252 e. The molecule has 2 aromatic heterocycles. The maximum atomic E-state index is 12.4. The van der Waals surface area contributed by atoms with E-state index in [9.17, 15) is 14.4 Å². The normalized spacial score (nSPS) is 11.0. The van der Waals surface area contributed by atoms with Gasteiger partial charge in [0.1, 0.15) is 5.69 Å². The van der Waals surface area contributed by atoms with Crippen molar-refractivity contribution in [2.45, 2.75) is 59.0 Å². The molecule has 33 heavy (non-hydrogen) atoms. The first-order valence-electron chi connectivity index (χ1n) is 11.4. The molecule has 3 rings (SSSR count). The van der Waals surface area contributed by atoms with E-state index in [2.05, 4.69) is 29.5 Å². The van der Waals surface area contributed by atoms with Crippen LogP contribution in [-0.4, -0.2) is 31.3 Å². The quantitative estimate of drug-likeness (QED) is 0.336. The number of amides is 1. The van der Waals surface area contributed by atoms with Gasteiger partial charge in [-0.15, -0.1) is 5.10 Å². The van der Waals surface area contributed by atoms with Crippen LogP contribution in [0.25, 0.3) is 0 Å². The first kappa shape index (κ1) is 24.1. The van der Waals surface area contributed by atoms with Gasteiger partial charge in [0, 0.05) is 37.5 Å². The molecule has 0 aliphatic rings. The van der Waals surface area contributed by atoms with Gasteiger partial charge in [-0.1, -0.05) is 49.4 Å². The van der Waals surface area contributed by atoms with Crippen molar-refractivity contribution in [3.05, 3.63) is 76.5 Å². The Labute approximate surface area is 193 Å². The van der Waals surface area contributed by atoms with Gasteiger partial charge in [-0.2, -0.15) is 0 Å². The van der Waals surface area contributed by atoms with E-state index in [0.717, 1.165) is 24.8 Å². The first-order chi connectivity index (χ1) is 15.9. The molecule has 1 N–H and O–H groups in total. The van der Waals surface area contributed by atoms with E-state index >= 15 is 0 Å². The SMILES string of the molecule is CC(C)CCC(=O)c1cn(CCCCn2ccc(NC(=O)Cc3ccccc3)cc2=O)nn1. The molecular weight excluding hydrogens is 418 g/mol. The third-order valence-corrected chi connectivity index (χ3v) is 5.30. The van der Waals surface area contributed by atoms with Crippen molar-refractivity contribution < 1.29 is 9.59 Å². The predicted molar refractivity (Wildman–Crippen MR) is 127 cm³/mol. The molecule has 0 saturated carbocycles. The van der Waals surface area contributed by atoms with Gasteiger partial charge < -0.3 is 9.88 Å². The molecule has 0 atom stereocenters. The molecule has 3 aromatic rings. The van der Waals surface area contributed by atoms with E-state index in [1.165, 1.54) is 6.07 Å². The Hall–Kier alpha value is -3.55. The zero-order valence-electron chi connectivity index (χ0n) is 19.2. The van der Waals surface area contributed by atoms with Crippen LogP contribution in [0.2, 0.25) is 0 Å². The molecule has 0 spiro atoms. The fourth-order valence-corrected chi connectivity index (χ4v) is 3.40. The van der Waals surface area contributed by atoms with Gasteiger partial charge in [-0.05, 0) is 36.8 Å². The highest BCUT2D eigenvalue weighted by molar-refractivity contribution is 5.93. The van der Waals surface area contributed by atoms with Crippen LogP contribution in [-0.2, 0) is 24.3 Å². The molecule has 0 bridgehead atoms. The number of benzene rings is 1. The van der Waals surface area contributed by atoms with Crippen molar-refractivity contribution in [3.63, 3.8) is 0 Å². The molecule has 0 aliphatic heterocycles. The summed E-state index contributed by atoms with van der Waals surface area (Å²) in [6.45, 7) is 5.37. The number of carbonyl (C=O) groups is 2. The minimum atomic E-state index is -0.161. The molecule has 8 heteroatoms. The van der Waals surface area contributed by atoms with Crippen molar-refractivity contribution in [3.8, 4) is 0 Å². The number of pyridine rings is 1. The molecule has 0 aliphatic carbocycles. The van der Waals surface area contributed by atoms with E-state index in [1.807, 2.05) is 30.3 Å². The Morgan fingerprint density at radius 3 is 2.55 bits per heavy atom. The van der Waals surface area contributed by atoms with Crippen LogP contribution in [0.15, 0.2) is 59.7 Å². The number of unbranched alkanes of at least 4 members (excludes halogenated alkanes) is 1. The van der Waals surface area contributed by atoms with E-state index in [1.54, 1.807) is 27.7 Å². The summed E-state index contributed by atoms with van der Waals surface area (Å²) in [6.07, 6.45) is 6.56. The number of anilines is 1. The summed E-state index contributed by atoms with van der Waals surface area (Å²) < 4.78 is 3.30. The number of rotatable bonds is 12. The van der Waals surface area contributed by atoms with Crippen molar-refractivity contribution >= 4 is 17.4 Å². The number of hydrogen-bond acceptors (Lipinski definition) is 5. The number of Topliss-reactive ketones (excluding diaryl/α,β-unsaturated/α-hetero) is 1. The number of nitrogens with one attached hydrogen (secondary N) is 1. The summed E-state index contributed by atoms with van der Waals surface area (Å²) in [5.41, 5.74) is 1.67. The molecule has 1 amide bonds. The van der Waals surface area contributed by atoms with Crippen molar-refractivity contribution in [2.24, 2.45) is 5.92 Å². The topological polar surface area (TPSA) is 98.9 Å². The summed E-state index contributed by atoms with van der Waals surface area (Å²) in [7, 11) is 0. The second-order valence-corrected chi connectivity index (χ2v) is 8.59.